The van der Waals surface area contributed by atoms with Gasteiger partial charge in [0.1, 0.15) is 11.9 Å². The molecule has 0 amide bonds. The van der Waals surface area contributed by atoms with E-state index >= 15 is 0 Å². The molecule has 3 nitrogen and oxygen atoms in total. The van der Waals surface area contributed by atoms with Crippen molar-refractivity contribution in [3.63, 3.8) is 0 Å². The van der Waals surface area contributed by atoms with Crippen LogP contribution in [0.4, 0.5) is 0 Å². The van der Waals surface area contributed by atoms with Gasteiger partial charge in [0.25, 0.3) is 0 Å². The smallest absolute Gasteiger partial charge is 0.125 e. The normalized spacial score (nSPS) is 12.5. The molecule has 1 aromatic carbocycles. The standard InChI is InChI=1S/C12H19NO2S/c1-9(8-14-2)15-11-5-4-6-12(16-3)10(11)7-13/h4-6,9H,7-8,13H2,1-3H3. The Hall–Kier alpha value is -0.710. The SMILES string of the molecule is COCC(C)Oc1cccc(SC)c1CN. The van der Waals surface area contributed by atoms with Crippen LogP contribution in [-0.2, 0) is 11.3 Å². The van der Waals surface area contributed by atoms with Crippen molar-refractivity contribution < 1.29 is 9.47 Å². The second-order valence-electron chi connectivity index (χ2n) is 3.52. The van der Waals surface area contributed by atoms with E-state index in [0.29, 0.717) is 13.2 Å². The minimum absolute atomic E-state index is 0.0346. The van der Waals surface area contributed by atoms with Gasteiger partial charge in [-0.3, -0.25) is 0 Å². The van der Waals surface area contributed by atoms with Crippen LogP contribution in [0.1, 0.15) is 12.5 Å². The van der Waals surface area contributed by atoms with E-state index in [4.69, 9.17) is 15.2 Å². The Balaban J connectivity index is 2.86. The third-order valence-electron chi connectivity index (χ3n) is 2.24. The Morgan fingerprint density at radius 2 is 2.19 bits per heavy atom. The lowest BCUT2D eigenvalue weighted by Crippen LogP contribution is -2.19. The number of methoxy groups -OCH3 is 1. The first kappa shape index (κ1) is 13.4. The number of ether oxygens (including phenoxy) is 2. The van der Waals surface area contributed by atoms with Gasteiger partial charge < -0.3 is 15.2 Å². The fourth-order valence-electron chi connectivity index (χ4n) is 1.53. The molecule has 0 heterocycles. The van der Waals surface area contributed by atoms with Crippen LogP contribution >= 0.6 is 11.8 Å². The van der Waals surface area contributed by atoms with Crippen LogP contribution in [-0.4, -0.2) is 26.1 Å². The zero-order valence-corrected chi connectivity index (χ0v) is 10.8. The largest absolute Gasteiger partial charge is 0.488 e. The molecule has 0 bridgehead atoms. The van der Waals surface area contributed by atoms with Crippen LogP contribution in [0.5, 0.6) is 5.75 Å². The molecule has 0 aromatic heterocycles. The maximum atomic E-state index is 5.80. The van der Waals surface area contributed by atoms with E-state index in [1.807, 2.05) is 25.3 Å². The van der Waals surface area contributed by atoms with Crippen molar-refractivity contribution in [2.45, 2.75) is 24.5 Å². The second kappa shape index (κ2) is 6.78. The summed E-state index contributed by atoms with van der Waals surface area (Å²) in [4.78, 5) is 1.17. The van der Waals surface area contributed by atoms with E-state index < -0.39 is 0 Å². The molecule has 0 aliphatic carbocycles. The molecule has 1 aromatic rings. The summed E-state index contributed by atoms with van der Waals surface area (Å²) in [6.07, 6.45) is 2.07. The first-order chi connectivity index (χ1) is 7.72. The summed E-state index contributed by atoms with van der Waals surface area (Å²) in [6.45, 7) is 3.05. The number of thioether (sulfide) groups is 1. The lowest BCUT2D eigenvalue weighted by atomic mass is 10.2. The van der Waals surface area contributed by atoms with E-state index in [1.165, 1.54) is 4.90 Å². The number of rotatable bonds is 6. The third-order valence-corrected chi connectivity index (χ3v) is 3.07. The molecule has 90 valence electrons. The van der Waals surface area contributed by atoms with Crippen LogP contribution in [0.15, 0.2) is 23.1 Å². The second-order valence-corrected chi connectivity index (χ2v) is 4.37. The zero-order valence-electron chi connectivity index (χ0n) is 10.0. The van der Waals surface area contributed by atoms with E-state index in [1.54, 1.807) is 18.9 Å². The van der Waals surface area contributed by atoms with Crippen molar-refractivity contribution in [3.8, 4) is 5.75 Å². The number of hydrogen-bond donors (Lipinski definition) is 1. The van der Waals surface area contributed by atoms with Crippen molar-refractivity contribution in [2.24, 2.45) is 5.73 Å². The average Bonchev–Trinajstić information content (AvgIpc) is 2.29. The van der Waals surface area contributed by atoms with Crippen LogP contribution in [0.25, 0.3) is 0 Å². The highest BCUT2D eigenvalue weighted by molar-refractivity contribution is 7.98. The Morgan fingerprint density at radius 1 is 1.44 bits per heavy atom. The molecule has 1 atom stereocenters. The van der Waals surface area contributed by atoms with Gasteiger partial charge in [-0.15, -0.1) is 11.8 Å². The fourth-order valence-corrected chi connectivity index (χ4v) is 2.18. The van der Waals surface area contributed by atoms with Crippen molar-refractivity contribution in [1.82, 2.24) is 0 Å². The maximum Gasteiger partial charge on any atom is 0.125 e. The highest BCUT2D eigenvalue weighted by atomic mass is 32.2. The molecule has 0 fully saturated rings. The molecule has 1 unspecified atom stereocenters. The molecular weight excluding hydrogens is 222 g/mol. The van der Waals surface area contributed by atoms with Gasteiger partial charge in [-0.1, -0.05) is 6.07 Å². The van der Waals surface area contributed by atoms with Gasteiger partial charge in [0.15, 0.2) is 0 Å². The number of benzene rings is 1. The molecule has 0 spiro atoms. The molecule has 0 saturated carbocycles. The van der Waals surface area contributed by atoms with Crippen LogP contribution in [0.2, 0.25) is 0 Å². The fraction of sp³-hybridized carbons (Fsp3) is 0.500. The Kier molecular flexibility index (Phi) is 5.66. The van der Waals surface area contributed by atoms with Crippen LogP contribution < -0.4 is 10.5 Å². The van der Waals surface area contributed by atoms with E-state index in [0.717, 1.165) is 11.3 Å². The van der Waals surface area contributed by atoms with Crippen LogP contribution in [0.3, 0.4) is 0 Å². The number of nitrogens with two attached hydrogens (primary N) is 1. The van der Waals surface area contributed by atoms with Gasteiger partial charge in [-0.05, 0) is 25.3 Å². The number of hydrogen-bond acceptors (Lipinski definition) is 4. The quantitative estimate of drug-likeness (QED) is 0.776. The monoisotopic (exact) mass is 241 g/mol. The Bertz CT molecular complexity index is 331. The topological polar surface area (TPSA) is 44.5 Å². The van der Waals surface area contributed by atoms with Gasteiger partial charge in [0.05, 0.1) is 6.61 Å². The molecule has 4 heteroatoms. The molecule has 2 N–H and O–H groups in total. The van der Waals surface area contributed by atoms with E-state index in [2.05, 4.69) is 6.07 Å². The summed E-state index contributed by atoms with van der Waals surface area (Å²) in [5.74, 6) is 0.860. The maximum absolute atomic E-state index is 5.80. The molecule has 0 aliphatic rings. The minimum Gasteiger partial charge on any atom is -0.488 e. The van der Waals surface area contributed by atoms with E-state index in [-0.39, 0.29) is 6.10 Å². The van der Waals surface area contributed by atoms with Gasteiger partial charge in [-0.2, -0.15) is 0 Å². The summed E-state index contributed by atoms with van der Waals surface area (Å²) in [7, 11) is 1.67. The molecular formula is C12H19NO2S. The summed E-state index contributed by atoms with van der Waals surface area (Å²) < 4.78 is 10.8. The highest BCUT2D eigenvalue weighted by Gasteiger charge is 2.10. The average molecular weight is 241 g/mol. The molecule has 0 saturated heterocycles. The minimum atomic E-state index is 0.0346. The van der Waals surface area contributed by atoms with E-state index in [9.17, 15) is 0 Å². The predicted octanol–water partition coefficient (Wildman–Crippen LogP) is 2.28. The van der Waals surface area contributed by atoms with Gasteiger partial charge in [-0.25, -0.2) is 0 Å². The summed E-state index contributed by atoms with van der Waals surface area (Å²) in [5, 5.41) is 0. The Morgan fingerprint density at radius 3 is 2.75 bits per heavy atom. The van der Waals surface area contributed by atoms with Gasteiger partial charge in [0, 0.05) is 24.1 Å². The van der Waals surface area contributed by atoms with Gasteiger partial charge >= 0.3 is 0 Å². The van der Waals surface area contributed by atoms with Crippen molar-refractivity contribution in [2.75, 3.05) is 20.0 Å². The van der Waals surface area contributed by atoms with Crippen molar-refractivity contribution in [1.29, 1.82) is 0 Å². The molecule has 1 rings (SSSR count). The van der Waals surface area contributed by atoms with Crippen molar-refractivity contribution in [3.05, 3.63) is 23.8 Å². The molecule has 16 heavy (non-hydrogen) atoms. The summed E-state index contributed by atoms with van der Waals surface area (Å²) in [6, 6.07) is 5.99. The summed E-state index contributed by atoms with van der Waals surface area (Å²) >= 11 is 1.68. The lowest BCUT2D eigenvalue weighted by molar-refractivity contribution is 0.0912. The first-order valence-corrected chi connectivity index (χ1v) is 6.47. The zero-order chi connectivity index (χ0) is 12.0. The van der Waals surface area contributed by atoms with Gasteiger partial charge in [0.2, 0.25) is 0 Å². The highest BCUT2D eigenvalue weighted by Crippen LogP contribution is 2.29. The Labute approximate surface area is 101 Å². The van der Waals surface area contributed by atoms with Crippen molar-refractivity contribution >= 4 is 11.8 Å². The third kappa shape index (κ3) is 3.40. The molecule has 0 radical (unpaired) electrons. The summed E-state index contributed by atoms with van der Waals surface area (Å²) in [5.41, 5.74) is 6.82. The predicted molar refractivity (Wildman–Crippen MR) is 68.1 cm³/mol. The molecule has 0 aliphatic heterocycles. The first-order valence-electron chi connectivity index (χ1n) is 5.24. The van der Waals surface area contributed by atoms with Crippen LogP contribution in [0, 0.1) is 0 Å². The lowest BCUT2D eigenvalue weighted by Gasteiger charge is -2.17.